The SMILES string of the molecule is CCNC(=O)CCNS(=O)(=O)c1cc(C(N)=S)ccc1Cl. The summed E-state index contributed by atoms with van der Waals surface area (Å²) < 4.78 is 26.6. The van der Waals surface area contributed by atoms with Gasteiger partial charge in [-0.3, -0.25) is 4.79 Å². The van der Waals surface area contributed by atoms with E-state index in [9.17, 15) is 13.2 Å². The van der Waals surface area contributed by atoms with Gasteiger partial charge in [0.15, 0.2) is 0 Å². The molecule has 21 heavy (non-hydrogen) atoms. The van der Waals surface area contributed by atoms with Crippen LogP contribution in [-0.2, 0) is 14.8 Å². The fourth-order valence-electron chi connectivity index (χ4n) is 1.52. The van der Waals surface area contributed by atoms with Crippen LogP contribution in [0.2, 0.25) is 5.02 Å². The molecule has 0 radical (unpaired) electrons. The van der Waals surface area contributed by atoms with Crippen molar-refractivity contribution in [2.24, 2.45) is 5.73 Å². The zero-order chi connectivity index (χ0) is 16.0. The number of nitrogens with two attached hydrogens (primary N) is 1. The van der Waals surface area contributed by atoms with Crippen LogP contribution >= 0.6 is 23.8 Å². The van der Waals surface area contributed by atoms with Gasteiger partial charge in [-0.15, -0.1) is 0 Å². The third-order valence-corrected chi connectivity index (χ3v) is 4.70. The van der Waals surface area contributed by atoms with Crippen molar-refractivity contribution in [3.05, 3.63) is 28.8 Å². The van der Waals surface area contributed by atoms with E-state index < -0.39 is 10.0 Å². The number of benzene rings is 1. The van der Waals surface area contributed by atoms with Crippen molar-refractivity contribution in [3.8, 4) is 0 Å². The lowest BCUT2D eigenvalue weighted by Crippen LogP contribution is -2.31. The molecule has 0 atom stereocenters. The quantitative estimate of drug-likeness (QED) is 0.631. The van der Waals surface area contributed by atoms with Crippen LogP contribution in [0.1, 0.15) is 18.9 Å². The van der Waals surface area contributed by atoms with Crippen LogP contribution in [0.3, 0.4) is 0 Å². The van der Waals surface area contributed by atoms with Gasteiger partial charge in [-0.25, -0.2) is 13.1 Å². The van der Waals surface area contributed by atoms with Crippen molar-refractivity contribution in [2.75, 3.05) is 13.1 Å². The third-order valence-electron chi connectivity index (χ3n) is 2.52. The molecule has 0 saturated carbocycles. The highest BCUT2D eigenvalue weighted by atomic mass is 35.5. The summed E-state index contributed by atoms with van der Waals surface area (Å²) in [5.41, 5.74) is 5.87. The molecule has 0 spiro atoms. The highest BCUT2D eigenvalue weighted by molar-refractivity contribution is 7.89. The molecule has 0 heterocycles. The second-order valence-corrected chi connectivity index (χ2v) is 6.69. The van der Waals surface area contributed by atoms with E-state index in [1.54, 1.807) is 13.0 Å². The summed E-state index contributed by atoms with van der Waals surface area (Å²) in [6, 6.07) is 4.26. The number of hydrogen-bond acceptors (Lipinski definition) is 4. The molecule has 9 heteroatoms. The number of rotatable bonds is 7. The fourth-order valence-corrected chi connectivity index (χ4v) is 3.21. The van der Waals surface area contributed by atoms with Crippen molar-refractivity contribution < 1.29 is 13.2 Å². The fraction of sp³-hybridized carbons (Fsp3) is 0.333. The predicted octanol–water partition coefficient (Wildman–Crippen LogP) is 0.779. The summed E-state index contributed by atoms with van der Waals surface area (Å²) in [5.74, 6) is -0.233. The van der Waals surface area contributed by atoms with Gasteiger partial charge in [-0.2, -0.15) is 0 Å². The standard InChI is InChI=1S/C12H16ClN3O3S2/c1-2-15-11(17)5-6-16-21(18,19)10-7-8(12(14)20)3-4-9(10)13/h3-4,7,16H,2,5-6H2,1H3,(H2,14,20)(H,15,17). The number of carbonyl (C=O) groups excluding carboxylic acids is 1. The Morgan fingerprint density at radius 3 is 2.67 bits per heavy atom. The average Bonchev–Trinajstić information content (AvgIpc) is 2.38. The maximum atomic E-state index is 12.2. The Kier molecular flexibility index (Phi) is 6.53. The van der Waals surface area contributed by atoms with Crippen LogP contribution in [0.25, 0.3) is 0 Å². The summed E-state index contributed by atoms with van der Waals surface area (Å²) >= 11 is 10.7. The molecule has 0 bridgehead atoms. The first-order valence-electron chi connectivity index (χ1n) is 6.13. The van der Waals surface area contributed by atoms with Crippen LogP contribution < -0.4 is 15.8 Å². The molecule has 1 aromatic rings. The lowest BCUT2D eigenvalue weighted by molar-refractivity contribution is -0.120. The van der Waals surface area contributed by atoms with Gasteiger partial charge in [0.05, 0.1) is 5.02 Å². The summed E-state index contributed by atoms with van der Waals surface area (Å²) in [6.07, 6.45) is 0.0413. The van der Waals surface area contributed by atoms with E-state index in [1.807, 2.05) is 0 Å². The number of sulfonamides is 1. The van der Waals surface area contributed by atoms with Crippen molar-refractivity contribution in [3.63, 3.8) is 0 Å². The van der Waals surface area contributed by atoms with E-state index in [0.717, 1.165) is 0 Å². The molecule has 1 amide bonds. The largest absolute Gasteiger partial charge is 0.389 e. The summed E-state index contributed by atoms with van der Waals surface area (Å²) in [6.45, 7) is 2.25. The number of thiocarbonyl (C=S) groups is 1. The molecule has 0 aliphatic carbocycles. The van der Waals surface area contributed by atoms with Gasteiger partial charge in [-0.05, 0) is 19.1 Å². The summed E-state index contributed by atoms with van der Waals surface area (Å²) in [5, 5.41) is 2.63. The average molecular weight is 350 g/mol. The van der Waals surface area contributed by atoms with Gasteiger partial charge in [-0.1, -0.05) is 29.9 Å². The van der Waals surface area contributed by atoms with Crippen LogP contribution in [0.5, 0.6) is 0 Å². The Balaban J connectivity index is 2.85. The molecule has 0 fully saturated rings. The highest BCUT2D eigenvalue weighted by Crippen LogP contribution is 2.22. The van der Waals surface area contributed by atoms with Crippen LogP contribution in [0, 0.1) is 0 Å². The summed E-state index contributed by atoms with van der Waals surface area (Å²) in [7, 11) is -3.83. The number of amides is 1. The molecule has 0 aliphatic heterocycles. The van der Waals surface area contributed by atoms with Crippen LogP contribution in [-0.4, -0.2) is 32.4 Å². The molecular formula is C12H16ClN3O3S2. The third kappa shape index (κ3) is 5.24. The lowest BCUT2D eigenvalue weighted by Gasteiger charge is -2.10. The minimum Gasteiger partial charge on any atom is -0.389 e. The summed E-state index contributed by atoms with van der Waals surface area (Å²) in [4.78, 5) is 11.2. The normalized spacial score (nSPS) is 11.1. The van der Waals surface area contributed by atoms with Crippen LogP contribution in [0.4, 0.5) is 0 Å². The van der Waals surface area contributed by atoms with E-state index in [-0.39, 0.29) is 33.8 Å². The first-order chi connectivity index (χ1) is 9.77. The van der Waals surface area contributed by atoms with Gasteiger partial charge in [0.2, 0.25) is 15.9 Å². The zero-order valence-corrected chi connectivity index (χ0v) is 13.7. The molecule has 0 saturated heterocycles. The maximum absolute atomic E-state index is 12.2. The molecule has 1 rings (SSSR count). The predicted molar refractivity (Wildman–Crippen MR) is 85.8 cm³/mol. The van der Waals surface area contributed by atoms with Crippen molar-refractivity contribution in [1.29, 1.82) is 0 Å². The van der Waals surface area contributed by atoms with Gasteiger partial charge < -0.3 is 11.1 Å². The minimum absolute atomic E-state index is 0.0260. The van der Waals surface area contributed by atoms with E-state index in [4.69, 9.17) is 29.6 Å². The second-order valence-electron chi connectivity index (χ2n) is 4.11. The Morgan fingerprint density at radius 1 is 1.43 bits per heavy atom. The van der Waals surface area contributed by atoms with Gasteiger partial charge in [0, 0.05) is 25.1 Å². The molecule has 0 aromatic heterocycles. The molecule has 6 nitrogen and oxygen atoms in total. The number of carbonyl (C=O) groups is 1. The van der Waals surface area contributed by atoms with Crippen LogP contribution in [0.15, 0.2) is 23.1 Å². The van der Waals surface area contributed by atoms with E-state index in [1.165, 1.54) is 12.1 Å². The molecule has 116 valence electrons. The second kappa shape index (κ2) is 7.69. The highest BCUT2D eigenvalue weighted by Gasteiger charge is 2.19. The van der Waals surface area contributed by atoms with Gasteiger partial charge in [0.25, 0.3) is 0 Å². The Hall–Kier alpha value is -1.22. The Bertz CT molecular complexity index is 647. The first kappa shape index (κ1) is 17.8. The molecular weight excluding hydrogens is 334 g/mol. The smallest absolute Gasteiger partial charge is 0.242 e. The molecule has 0 aliphatic rings. The molecule has 4 N–H and O–H groups in total. The van der Waals surface area contributed by atoms with Crippen molar-refractivity contribution in [1.82, 2.24) is 10.0 Å². The number of hydrogen-bond donors (Lipinski definition) is 3. The lowest BCUT2D eigenvalue weighted by atomic mass is 10.2. The monoisotopic (exact) mass is 349 g/mol. The molecule has 0 unspecified atom stereocenters. The van der Waals surface area contributed by atoms with Gasteiger partial charge >= 0.3 is 0 Å². The minimum atomic E-state index is -3.83. The maximum Gasteiger partial charge on any atom is 0.242 e. The van der Waals surface area contributed by atoms with Crippen molar-refractivity contribution >= 4 is 44.7 Å². The Morgan fingerprint density at radius 2 is 2.10 bits per heavy atom. The van der Waals surface area contributed by atoms with Crippen molar-refractivity contribution in [2.45, 2.75) is 18.2 Å². The molecule has 1 aromatic carbocycles. The van der Waals surface area contributed by atoms with E-state index >= 15 is 0 Å². The van der Waals surface area contributed by atoms with E-state index in [0.29, 0.717) is 12.1 Å². The number of nitrogens with one attached hydrogen (secondary N) is 2. The van der Waals surface area contributed by atoms with Gasteiger partial charge in [0.1, 0.15) is 9.88 Å². The first-order valence-corrected chi connectivity index (χ1v) is 8.40. The number of halogens is 1. The Labute approximate surface area is 134 Å². The topological polar surface area (TPSA) is 101 Å². The van der Waals surface area contributed by atoms with E-state index in [2.05, 4.69) is 10.0 Å². The zero-order valence-electron chi connectivity index (χ0n) is 11.3.